The summed E-state index contributed by atoms with van der Waals surface area (Å²) in [6.07, 6.45) is 3.06. The van der Waals surface area contributed by atoms with E-state index in [1.54, 1.807) is 31.4 Å². The Balaban J connectivity index is 1.50. The SMILES string of the molecule is COc1cc(C(=O)OC(C)C)cc2nc(-c3cc4ccc([C@@H](C)N)nc4n3CCCCCc3ccccc3C(=O)O)n(C)c12. The number of imidazole rings is 1. The van der Waals surface area contributed by atoms with Gasteiger partial charge in [0.1, 0.15) is 16.9 Å². The highest BCUT2D eigenvalue weighted by Crippen LogP contribution is 2.34. The number of methoxy groups -OCH3 is 1. The third-order valence-electron chi connectivity index (χ3n) is 7.77. The van der Waals surface area contributed by atoms with Crippen LogP contribution in [0.3, 0.4) is 0 Å². The van der Waals surface area contributed by atoms with Crippen LogP contribution in [0.1, 0.15) is 78.0 Å². The number of esters is 1. The summed E-state index contributed by atoms with van der Waals surface area (Å²) >= 11 is 0. The van der Waals surface area contributed by atoms with Gasteiger partial charge in [-0.1, -0.05) is 24.6 Å². The van der Waals surface area contributed by atoms with Crippen molar-refractivity contribution in [1.29, 1.82) is 0 Å². The number of carbonyl (C=O) groups is 2. The molecule has 0 radical (unpaired) electrons. The molecule has 0 amide bonds. The van der Waals surface area contributed by atoms with Crippen molar-refractivity contribution in [3.05, 3.63) is 77.0 Å². The molecule has 0 saturated heterocycles. The molecule has 3 heterocycles. The van der Waals surface area contributed by atoms with Gasteiger partial charge in [-0.2, -0.15) is 0 Å². The number of rotatable bonds is 12. The lowest BCUT2D eigenvalue weighted by Crippen LogP contribution is -2.11. The lowest BCUT2D eigenvalue weighted by atomic mass is 10.0. The number of nitrogens with zero attached hydrogens (tertiary/aromatic N) is 4. The maximum Gasteiger partial charge on any atom is 0.338 e. The van der Waals surface area contributed by atoms with Gasteiger partial charge in [-0.3, -0.25) is 0 Å². The van der Waals surface area contributed by atoms with Crippen LogP contribution in [-0.2, 0) is 24.8 Å². The molecule has 230 valence electrons. The fraction of sp³-hybridized carbons (Fsp3) is 0.353. The fourth-order valence-corrected chi connectivity index (χ4v) is 5.61. The lowest BCUT2D eigenvalue weighted by Gasteiger charge is -2.12. The van der Waals surface area contributed by atoms with E-state index in [1.165, 1.54) is 0 Å². The number of aryl methyl sites for hydroxylation is 3. The molecule has 1 atom stereocenters. The number of nitrogens with two attached hydrogens (primary N) is 1. The Morgan fingerprint density at radius 3 is 2.48 bits per heavy atom. The Morgan fingerprint density at radius 1 is 1.00 bits per heavy atom. The average molecular weight is 598 g/mol. The second-order valence-corrected chi connectivity index (χ2v) is 11.4. The molecule has 0 unspecified atom stereocenters. The van der Waals surface area contributed by atoms with Gasteiger partial charge in [-0.15, -0.1) is 0 Å². The third-order valence-corrected chi connectivity index (χ3v) is 7.77. The van der Waals surface area contributed by atoms with E-state index in [1.807, 2.05) is 56.7 Å². The predicted molar refractivity (Wildman–Crippen MR) is 170 cm³/mol. The number of carboxylic acid groups (broad SMARTS) is 1. The number of unbranched alkanes of at least 4 members (excludes halogenated alkanes) is 2. The van der Waals surface area contributed by atoms with Crippen LogP contribution in [0.4, 0.5) is 0 Å². The van der Waals surface area contributed by atoms with Crippen LogP contribution >= 0.6 is 0 Å². The highest BCUT2D eigenvalue weighted by molar-refractivity contribution is 5.97. The first-order chi connectivity index (χ1) is 21.1. The molecule has 0 aliphatic heterocycles. The Hall–Kier alpha value is -4.70. The first-order valence-electron chi connectivity index (χ1n) is 14.9. The number of aromatic carboxylic acids is 1. The van der Waals surface area contributed by atoms with Crippen LogP contribution in [0.5, 0.6) is 5.75 Å². The third kappa shape index (κ3) is 6.16. The van der Waals surface area contributed by atoms with Crippen LogP contribution < -0.4 is 10.5 Å². The van der Waals surface area contributed by atoms with Crippen LogP contribution in [0.25, 0.3) is 33.6 Å². The van der Waals surface area contributed by atoms with Gasteiger partial charge in [0.05, 0.1) is 41.2 Å². The van der Waals surface area contributed by atoms with Crippen molar-refractivity contribution in [3.63, 3.8) is 0 Å². The zero-order valence-corrected chi connectivity index (χ0v) is 25.8. The van der Waals surface area contributed by atoms with Gasteiger partial charge in [-0.05, 0) is 82.0 Å². The molecular weight excluding hydrogens is 558 g/mol. The quantitative estimate of drug-likeness (QED) is 0.126. The van der Waals surface area contributed by atoms with Gasteiger partial charge in [0.2, 0.25) is 0 Å². The number of pyridine rings is 1. The molecule has 10 nitrogen and oxygen atoms in total. The summed E-state index contributed by atoms with van der Waals surface area (Å²) in [6, 6.07) is 16.4. The smallest absolute Gasteiger partial charge is 0.338 e. The normalized spacial score (nSPS) is 12.2. The van der Waals surface area contributed by atoms with Crippen molar-refractivity contribution in [2.24, 2.45) is 12.8 Å². The summed E-state index contributed by atoms with van der Waals surface area (Å²) in [5.41, 5.74) is 11.7. The fourth-order valence-electron chi connectivity index (χ4n) is 5.61. The van der Waals surface area contributed by atoms with Crippen LogP contribution in [0, 0.1) is 0 Å². The molecule has 0 bridgehead atoms. The second-order valence-electron chi connectivity index (χ2n) is 11.4. The molecule has 3 N–H and O–H groups in total. The molecule has 0 fully saturated rings. The maximum atomic E-state index is 12.7. The van der Waals surface area contributed by atoms with E-state index in [0.29, 0.717) is 41.2 Å². The molecule has 0 saturated carbocycles. The molecule has 5 rings (SSSR count). The number of hydrogen-bond donors (Lipinski definition) is 2. The molecule has 0 spiro atoms. The Labute approximate surface area is 256 Å². The summed E-state index contributed by atoms with van der Waals surface area (Å²) in [5.74, 6) is -0.0900. The summed E-state index contributed by atoms with van der Waals surface area (Å²) < 4.78 is 15.3. The first-order valence-corrected chi connectivity index (χ1v) is 14.9. The number of ether oxygens (including phenoxy) is 2. The largest absolute Gasteiger partial charge is 0.494 e. The number of aromatic nitrogens is 4. The van der Waals surface area contributed by atoms with Crippen LogP contribution in [-0.4, -0.2) is 49.4 Å². The highest BCUT2D eigenvalue weighted by Gasteiger charge is 2.22. The van der Waals surface area contributed by atoms with Crippen molar-refractivity contribution >= 4 is 34.0 Å². The minimum Gasteiger partial charge on any atom is -0.494 e. The van der Waals surface area contributed by atoms with Crippen LogP contribution in [0.2, 0.25) is 0 Å². The van der Waals surface area contributed by atoms with Gasteiger partial charge in [0, 0.05) is 25.0 Å². The summed E-state index contributed by atoms with van der Waals surface area (Å²) in [4.78, 5) is 34.3. The van der Waals surface area contributed by atoms with Gasteiger partial charge in [0.25, 0.3) is 0 Å². The first kappa shape index (κ1) is 30.7. The Bertz CT molecular complexity index is 1840. The van der Waals surface area contributed by atoms with E-state index in [9.17, 15) is 14.7 Å². The van der Waals surface area contributed by atoms with E-state index in [2.05, 4.69) is 10.6 Å². The summed E-state index contributed by atoms with van der Waals surface area (Å²) in [5, 5.41) is 10.5. The second kappa shape index (κ2) is 12.9. The van der Waals surface area contributed by atoms with E-state index in [-0.39, 0.29) is 12.1 Å². The van der Waals surface area contributed by atoms with Gasteiger partial charge in [0.15, 0.2) is 5.82 Å². The summed E-state index contributed by atoms with van der Waals surface area (Å²) in [6.45, 7) is 6.22. The van der Waals surface area contributed by atoms with Gasteiger partial charge >= 0.3 is 11.9 Å². The lowest BCUT2D eigenvalue weighted by molar-refractivity contribution is 0.0377. The minimum atomic E-state index is -0.900. The topological polar surface area (TPSA) is 134 Å². The number of carbonyl (C=O) groups excluding carboxylic acids is 1. The summed E-state index contributed by atoms with van der Waals surface area (Å²) in [7, 11) is 3.51. The predicted octanol–water partition coefficient (Wildman–Crippen LogP) is 6.29. The zero-order valence-electron chi connectivity index (χ0n) is 25.8. The van der Waals surface area contributed by atoms with E-state index < -0.39 is 11.9 Å². The number of hydrogen-bond acceptors (Lipinski definition) is 7. The number of carboxylic acids is 1. The van der Waals surface area contributed by atoms with E-state index in [4.69, 9.17) is 25.2 Å². The molecule has 44 heavy (non-hydrogen) atoms. The van der Waals surface area contributed by atoms with Gasteiger partial charge in [-0.25, -0.2) is 19.6 Å². The van der Waals surface area contributed by atoms with Crippen LogP contribution in [0.15, 0.2) is 54.6 Å². The standard InChI is InChI=1S/C34H39N5O5/c1-20(2)44-34(42)24-17-27-30(29(19-24)43-5)38(4)32(37-27)28-18-23-14-15-26(21(3)35)36-31(23)39(28)16-10-6-7-11-22-12-8-9-13-25(22)33(40)41/h8-9,12-15,17-21H,6-7,10-11,16,35H2,1-5H3,(H,40,41)/t21-/m1/s1. The van der Waals surface area contributed by atoms with E-state index in [0.717, 1.165) is 52.8 Å². The van der Waals surface area contributed by atoms with Crippen molar-refractivity contribution in [2.75, 3.05) is 7.11 Å². The average Bonchev–Trinajstić information content (AvgIpc) is 3.52. The molecular formula is C34H39N5O5. The van der Waals surface area contributed by atoms with Crippen molar-refractivity contribution in [1.82, 2.24) is 19.1 Å². The molecule has 0 aliphatic carbocycles. The van der Waals surface area contributed by atoms with Crippen molar-refractivity contribution < 1.29 is 24.2 Å². The molecule has 2 aromatic carbocycles. The Morgan fingerprint density at radius 2 is 1.77 bits per heavy atom. The Kier molecular flexibility index (Phi) is 9.01. The van der Waals surface area contributed by atoms with Crippen molar-refractivity contribution in [3.8, 4) is 17.3 Å². The van der Waals surface area contributed by atoms with Crippen molar-refractivity contribution in [2.45, 2.75) is 65.1 Å². The monoisotopic (exact) mass is 597 g/mol. The molecule has 5 aromatic rings. The van der Waals surface area contributed by atoms with E-state index >= 15 is 0 Å². The number of fused-ring (bicyclic) bond motifs is 2. The molecule has 3 aromatic heterocycles. The highest BCUT2D eigenvalue weighted by atomic mass is 16.5. The minimum absolute atomic E-state index is 0.218. The number of benzene rings is 2. The maximum absolute atomic E-state index is 12.7. The van der Waals surface area contributed by atoms with Gasteiger partial charge < -0.3 is 29.4 Å². The molecule has 0 aliphatic rings. The molecule has 10 heteroatoms. The zero-order chi connectivity index (χ0) is 31.5.